The number of benzene rings is 1. The van der Waals surface area contributed by atoms with E-state index in [0.29, 0.717) is 44.3 Å². The van der Waals surface area contributed by atoms with Crippen LogP contribution in [0.1, 0.15) is 31.2 Å². The average Bonchev–Trinajstić information content (AvgIpc) is 3.09. The van der Waals surface area contributed by atoms with Gasteiger partial charge >= 0.3 is 0 Å². The monoisotopic (exact) mass is 329 g/mol. The quantitative estimate of drug-likeness (QED) is 0.843. The van der Waals surface area contributed by atoms with Gasteiger partial charge in [-0.3, -0.25) is 4.79 Å². The number of carbonyl (C=O) groups excluding carboxylic acids is 1. The van der Waals surface area contributed by atoms with Gasteiger partial charge in [0.05, 0.1) is 12.7 Å². The maximum absolute atomic E-state index is 12.3. The van der Waals surface area contributed by atoms with Crippen molar-refractivity contribution in [2.75, 3.05) is 19.7 Å². The zero-order valence-corrected chi connectivity index (χ0v) is 14.2. The smallest absolute Gasteiger partial charge is 0.247 e. The van der Waals surface area contributed by atoms with Crippen molar-refractivity contribution in [2.24, 2.45) is 0 Å². The van der Waals surface area contributed by atoms with Crippen molar-refractivity contribution in [2.45, 2.75) is 39.2 Å². The maximum Gasteiger partial charge on any atom is 0.247 e. The zero-order valence-electron chi connectivity index (χ0n) is 14.2. The molecule has 1 atom stereocenters. The second-order valence-corrected chi connectivity index (χ2v) is 6.11. The van der Waals surface area contributed by atoms with Crippen LogP contribution < -0.4 is 0 Å². The van der Waals surface area contributed by atoms with Gasteiger partial charge in [0.2, 0.25) is 17.7 Å². The summed E-state index contributed by atoms with van der Waals surface area (Å²) in [5.74, 6) is 1.11. The number of nitrogens with zero attached hydrogens (tertiary/aromatic N) is 3. The molecule has 2 aromatic rings. The normalized spacial score (nSPS) is 17.9. The molecule has 0 bridgehead atoms. The zero-order chi connectivity index (χ0) is 16.9. The molecule has 1 unspecified atom stereocenters. The van der Waals surface area contributed by atoms with E-state index in [1.165, 1.54) is 5.56 Å². The first kappa shape index (κ1) is 16.6. The van der Waals surface area contributed by atoms with Crippen LogP contribution in [-0.4, -0.2) is 46.8 Å². The second kappa shape index (κ2) is 7.57. The predicted molar refractivity (Wildman–Crippen MR) is 89.4 cm³/mol. The number of aromatic nitrogens is 2. The third-order valence-corrected chi connectivity index (χ3v) is 4.26. The molecular formula is C18H23N3O3. The van der Waals surface area contributed by atoms with Crippen LogP contribution in [0, 0.1) is 6.92 Å². The van der Waals surface area contributed by atoms with E-state index < -0.39 is 0 Å². The Labute approximate surface area is 141 Å². The van der Waals surface area contributed by atoms with E-state index in [1.807, 2.05) is 36.1 Å². The van der Waals surface area contributed by atoms with Gasteiger partial charge in [-0.15, -0.1) is 10.2 Å². The van der Waals surface area contributed by atoms with E-state index in [-0.39, 0.29) is 12.0 Å². The lowest BCUT2D eigenvalue weighted by Crippen LogP contribution is -2.45. The number of ether oxygens (including phenoxy) is 1. The molecule has 1 aliphatic heterocycles. The Kier molecular flexibility index (Phi) is 5.25. The number of rotatable bonds is 5. The van der Waals surface area contributed by atoms with Crippen molar-refractivity contribution in [1.82, 2.24) is 15.1 Å². The molecule has 1 aliphatic rings. The van der Waals surface area contributed by atoms with E-state index >= 15 is 0 Å². The highest BCUT2D eigenvalue weighted by atomic mass is 16.5. The SMILES string of the molecule is CCC1CN(C(=O)CCc2nnc(-c3ccc(C)cc3)o2)CCO1. The molecule has 1 fully saturated rings. The molecule has 2 heterocycles. The minimum atomic E-state index is 0.117. The van der Waals surface area contributed by atoms with Crippen molar-refractivity contribution in [3.05, 3.63) is 35.7 Å². The summed E-state index contributed by atoms with van der Waals surface area (Å²) in [7, 11) is 0. The first-order chi connectivity index (χ1) is 11.7. The minimum Gasteiger partial charge on any atom is -0.421 e. The number of aryl methyl sites for hydroxylation is 2. The van der Waals surface area contributed by atoms with E-state index in [2.05, 4.69) is 17.1 Å². The minimum absolute atomic E-state index is 0.117. The predicted octanol–water partition coefficient (Wildman–Crippen LogP) is 2.62. The lowest BCUT2D eigenvalue weighted by molar-refractivity contribution is -0.138. The Balaban J connectivity index is 1.55. The average molecular weight is 329 g/mol. The van der Waals surface area contributed by atoms with Gasteiger partial charge in [-0.05, 0) is 25.5 Å². The van der Waals surface area contributed by atoms with Gasteiger partial charge < -0.3 is 14.1 Å². The van der Waals surface area contributed by atoms with Crippen LogP contribution in [0.2, 0.25) is 0 Å². The summed E-state index contributed by atoms with van der Waals surface area (Å²) in [6.07, 6.45) is 1.92. The van der Waals surface area contributed by atoms with E-state index in [9.17, 15) is 4.79 Å². The molecule has 0 saturated carbocycles. The molecule has 0 spiro atoms. The highest BCUT2D eigenvalue weighted by Gasteiger charge is 2.23. The molecule has 1 saturated heterocycles. The first-order valence-electron chi connectivity index (χ1n) is 8.44. The van der Waals surface area contributed by atoms with Crippen LogP contribution in [0.25, 0.3) is 11.5 Å². The number of morpholine rings is 1. The van der Waals surface area contributed by atoms with Gasteiger partial charge in [0.25, 0.3) is 0 Å². The van der Waals surface area contributed by atoms with Crippen LogP contribution in [0.3, 0.4) is 0 Å². The summed E-state index contributed by atoms with van der Waals surface area (Å²) in [6.45, 7) is 6.05. The third kappa shape index (κ3) is 4.00. The van der Waals surface area contributed by atoms with Crippen LogP contribution in [0.5, 0.6) is 0 Å². The fourth-order valence-corrected chi connectivity index (χ4v) is 2.73. The van der Waals surface area contributed by atoms with Crippen molar-refractivity contribution >= 4 is 5.91 Å². The molecule has 1 aromatic carbocycles. The lowest BCUT2D eigenvalue weighted by atomic mass is 10.1. The highest BCUT2D eigenvalue weighted by Crippen LogP contribution is 2.19. The van der Waals surface area contributed by atoms with Gasteiger partial charge in [-0.2, -0.15) is 0 Å². The molecule has 3 rings (SSSR count). The largest absolute Gasteiger partial charge is 0.421 e. The van der Waals surface area contributed by atoms with Gasteiger partial charge in [0.15, 0.2) is 0 Å². The Morgan fingerprint density at radius 1 is 1.29 bits per heavy atom. The summed E-state index contributed by atoms with van der Waals surface area (Å²) >= 11 is 0. The molecule has 24 heavy (non-hydrogen) atoms. The van der Waals surface area contributed by atoms with Gasteiger partial charge in [0, 0.05) is 31.5 Å². The van der Waals surface area contributed by atoms with E-state index in [1.54, 1.807) is 0 Å². The van der Waals surface area contributed by atoms with Gasteiger partial charge in [-0.1, -0.05) is 24.6 Å². The topological polar surface area (TPSA) is 68.5 Å². The van der Waals surface area contributed by atoms with Crippen molar-refractivity contribution < 1.29 is 13.9 Å². The molecule has 6 heteroatoms. The van der Waals surface area contributed by atoms with E-state index in [0.717, 1.165) is 12.0 Å². The van der Waals surface area contributed by atoms with Gasteiger partial charge in [-0.25, -0.2) is 0 Å². The standard InChI is InChI=1S/C18H23N3O3/c1-3-15-12-21(10-11-23-15)17(22)9-8-16-19-20-18(24-16)14-6-4-13(2)5-7-14/h4-7,15H,3,8-12H2,1-2H3. The fraction of sp³-hybridized carbons (Fsp3) is 0.500. The first-order valence-corrected chi connectivity index (χ1v) is 8.44. The highest BCUT2D eigenvalue weighted by molar-refractivity contribution is 5.76. The Morgan fingerprint density at radius 2 is 2.08 bits per heavy atom. The summed E-state index contributed by atoms with van der Waals surface area (Å²) in [5.41, 5.74) is 2.07. The number of hydrogen-bond acceptors (Lipinski definition) is 5. The molecular weight excluding hydrogens is 306 g/mol. The van der Waals surface area contributed by atoms with Crippen molar-refractivity contribution in [3.63, 3.8) is 0 Å². The van der Waals surface area contributed by atoms with Crippen molar-refractivity contribution in [1.29, 1.82) is 0 Å². The van der Waals surface area contributed by atoms with Crippen molar-refractivity contribution in [3.8, 4) is 11.5 Å². The number of carbonyl (C=O) groups is 1. The van der Waals surface area contributed by atoms with Crippen LogP contribution >= 0.6 is 0 Å². The Hall–Kier alpha value is -2.21. The molecule has 1 amide bonds. The fourth-order valence-electron chi connectivity index (χ4n) is 2.73. The molecule has 6 nitrogen and oxygen atoms in total. The molecule has 1 aromatic heterocycles. The molecule has 0 N–H and O–H groups in total. The van der Waals surface area contributed by atoms with E-state index in [4.69, 9.17) is 9.15 Å². The molecule has 0 aliphatic carbocycles. The number of hydrogen-bond donors (Lipinski definition) is 0. The second-order valence-electron chi connectivity index (χ2n) is 6.11. The third-order valence-electron chi connectivity index (χ3n) is 4.26. The molecule has 0 radical (unpaired) electrons. The Bertz CT molecular complexity index is 681. The summed E-state index contributed by atoms with van der Waals surface area (Å²) in [4.78, 5) is 14.2. The van der Waals surface area contributed by atoms with Gasteiger partial charge in [0.1, 0.15) is 0 Å². The summed E-state index contributed by atoms with van der Waals surface area (Å²) in [5, 5.41) is 8.12. The maximum atomic E-state index is 12.3. The van der Waals surface area contributed by atoms with Crippen LogP contribution in [0.15, 0.2) is 28.7 Å². The van der Waals surface area contributed by atoms with Crippen LogP contribution in [0.4, 0.5) is 0 Å². The number of amides is 1. The Morgan fingerprint density at radius 3 is 2.83 bits per heavy atom. The summed E-state index contributed by atoms with van der Waals surface area (Å²) < 4.78 is 11.3. The lowest BCUT2D eigenvalue weighted by Gasteiger charge is -2.32. The molecule has 128 valence electrons. The summed E-state index contributed by atoms with van der Waals surface area (Å²) in [6, 6.07) is 7.92. The van der Waals surface area contributed by atoms with Crippen LogP contribution in [-0.2, 0) is 16.0 Å².